The van der Waals surface area contributed by atoms with Crippen molar-refractivity contribution in [2.75, 3.05) is 16.9 Å². The van der Waals surface area contributed by atoms with Crippen LogP contribution in [0.1, 0.15) is 23.1 Å². The average Bonchev–Trinajstić information content (AvgIpc) is 2.93. The highest BCUT2D eigenvalue weighted by Gasteiger charge is 2.12. The van der Waals surface area contributed by atoms with Crippen molar-refractivity contribution in [1.29, 1.82) is 0 Å². The van der Waals surface area contributed by atoms with Crippen LogP contribution < -0.4 is 10.6 Å². The Morgan fingerprint density at radius 3 is 2.46 bits per heavy atom. The van der Waals surface area contributed by atoms with Crippen LogP contribution in [0, 0.1) is 0 Å². The van der Waals surface area contributed by atoms with E-state index in [0.717, 1.165) is 24.9 Å². The van der Waals surface area contributed by atoms with E-state index in [1.54, 1.807) is 24.3 Å². The van der Waals surface area contributed by atoms with Gasteiger partial charge in [-0.3, -0.25) is 0 Å². The molecule has 0 unspecified atom stereocenters. The van der Waals surface area contributed by atoms with Crippen LogP contribution in [0.25, 0.3) is 0 Å². The van der Waals surface area contributed by atoms with Gasteiger partial charge in [-0.15, -0.1) is 0 Å². The summed E-state index contributed by atoms with van der Waals surface area (Å²) in [5.41, 5.74) is 4.63. The van der Waals surface area contributed by atoms with Crippen molar-refractivity contribution < 1.29 is 13.2 Å². The molecule has 0 heterocycles. The van der Waals surface area contributed by atoms with Crippen molar-refractivity contribution >= 4 is 27.2 Å². The molecule has 0 atom stereocenters. The van der Waals surface area contributed by atoms with E-state index in [4.69, 9.17) is 0 Å². The molecule has 0 radical (unpaired) electrons. The second kappa shape index (κ2) is 6.65. The van der Waals surface area contributed by atoms with E-state index in [2.05, 4.69) is 16.7 Å². The molecule has 2 aromatic carbocycles. The van der Waals surface area contributed by atoms with Crippen molar-refractivity contribution in [3.05, 3.63) is 59.2 Å². The van der Waals surface area contributed by atoms with Gasteiger partial charge >= 0.3 is 6.03 Å². The van der Waals surface area contributed by atoms with Crippen LogP contribution in [-0.2, 0) is 28.4 Å². The highest BCUT2D eigenvalue weighted by Crippen LogP contribution is 2.25. The zero-order chi connectivity index (χ0) is 17.2. The molecule has 2 N–H and O–H groups in total. The number of amides is 2. The fourth-order valence-corrected chi connectivity index (χ4v) is 3.77. The number of hydrogen-bond acceptors (Lipinski definition) is 3. The topological polar surface area (TPSA) is 75.3 Å². The maximum absolute atomic E-state index is 12.1. The monoisotopic (exact) mass is 344 g/mol. The van der Waals surface area contributed by atoms with Gasteiger partial charge in [-0.05, 0) is 60.2 Å². The summed E-state index contributed by atoms with van der Waals surface area (Å²) in [7, 11) is -3.11. The molecule has 2 amide bonds. The molecule has 2 aromatic rings. The highest BCUT2D eigenvalue weighted by molar-refractivity contribution is 7.89. The number of anilines is 2. The van der Waals surface area contributed by atoms with Gasteiger partial charge in [0.05, 0.1) is 5.75 Å². The van der Waals surface area contributed by atoms with Crippen molar-refractivity contribution in [1.82, 2.24) is 0 Å². The van der Waals surface area contributed by atoms with Crippen molar-refractivity contribution in [2.45, 2.75) is 25.0 Å². The number of benzene rings is 2. The normalized spacial score (nSPS) is 13.4. The van der Waals surface area contributed by atoms with E-state index >= 15 is 0 Å². The van der Waals surface area contributed by atoms with Gasteiger partial charge in [0.25, 0.3) is 0 Å². The third-order valence-electron chi connectivity index (χ3n) is 3.97. The molecule has 24 heavy (non-hydrogen) atoms. The number of fused-ring (bicyclic) bond motifs is 1. The zero-order valence-corrected chi connectivity index (χ0v) is 14.3. The molecule has 3 rings (SSSR count). The van der Waals surface area contributed by atoms with Crippen LogP contribution in [0.15, 0.2) is 42.5 Å². The number of sulfone groups is 1. The Morgan fingerprint density at radius 2 is 1.71 bits per heavy atom. The minimum atomic E-state index is -3.11. The molecular formula is C18H20N2O3S. The molecule has 6 heteroatoms. The second-order valence-electron chi connectivity index (χ2n) is 6.19. The number of aryl methyl sites for hydroxylation is 2. The summed E-state index contributed by atoms with van der Waals surface area (Å²) in [5.74, 6) is -0.0467. The Hall–Kier alpha value is -2.34. The molecule has 0 fully saturated rings. The molecule has 0 aromatic heterocycles. The highest BCUT2D eigenvalue weighted by atomic mass is 32.2. The summed E-state index contributed by atoms with van der Waals surface area (Å²) >= 11 is 0. The third kappa shape index (κ3) is 4.35. The third-order valence-corrected chi connectivity index (χ3v) is 4.83. The van der Waals surface area contributed by atoms with Crippen molar-refractivity contribution in [3.63, 3.8) is 0 Å². The summed E-state index contributed by atoms with van der Waals surface area (Å²) < 4.78 is 22.7. The van der Waals surface area contributed by atoms with Crippen LogP contribution in [0.5, 0.6) is 0 Å². The van der Waals surface area contributed by atoms with Crippen LogP contribution in [0.3, 0.4) is 0 Å². The van der Waals surface area contributed by atoms with E-state index in [9.17, 15) is 13.2 Å². The van der Waals surface area contributed by atoms with E-state index in [1.807, 2.05) is 12.1 Å². The molecule has 1 aliphatic carbocycles. The predicted octanol–water partition coefficient (Wildman–Crippen LogP) is 3.36. The molecule has 0 aliphatic heterocycles. The van der Waals surface area contributed by atoms with Gasteiger partial charge in [0.1, 0.15) is 0 Å². The van der Waals surface area contributed by atoms with Crippen molar-refractivity contribution in [3.8, 4) is 0 Å². The van der Waals surface area contributed by atoms with Gasteiger partial charge in [-0.2, -0.15) is 0 Å². The van der Waals surface area contributed by atoms with Crippen LogP contribution >= 0.6 is 0 Å². The van der Waals surface area contributed by atoms with Crippen LogP contribution in [0.2, 0.25) is 0 Å². The predicted molar refractivity (Wildman–Crippen MR) is 96.1 cm³/mol. The van der Waals surface area contributed by atoms with Crippen LogP contribution in [0.4, 0.5) is 16.2 Å². The minimum absolute atomic E-state index is 0.0467. The van der Waals surface area contributed by atoms with Gasteiger partial charge in [-0.1, -0.05) is 18.2 Å². The summed E-state index contributed by atoms with van der Waals surface area (Å²) in [5, 5.41) is 5.56. The van der Waals surface area contributed by atoms with Crippen molar-refractivity contribution in [2.24, 2.45) is 0 Å². The summed E-state index contributed by atoms with van der Waals surface area (Å²) in [4.78, 5) is 12.1. The first-order valence-corrected chi connectivity index (χ1v) is 9.91. The number of urea groups is 1. The Bertz CT molecular complexity index is 876. The first kappa shape index (κ1) is 16.5. The van der Waals surface area contributed by atoms with Crippen LogP contribution in [-0.4, -0.2) is 20.7 Å². The molecule has 0 saturated carbocycles. The SMILES string of the molecule is CS(=O)(=O)Cc1cccc(NC(=O)Nc2ccc3c(c2)CCC3)c1. The molecule has 5 nitrogen and oxygen atoms in total. The minimum Gasteiger partial charge on any atom is -0.308 e. The molecular weight excluding hydrogens is 324 g/mol. The number of nitrogens with one attached hydrogen (secondary N) is 2. The standard InChI is InChI=1S/C18H20N2O3S/c1-24(22,23)12-13-4-2-7-16(10-13)19-18(21)20-17-9-8-14-5-3-6-15(14)11-17/h2,4,7-11H,3,5-6,12H2,1H3,(H2,19,20,21). The zero-order valence-electron chi connectivity index (χ0n) is 13.5. The smallest absolute Gasteiger partial charge is 0.308 e. The van der Waals surface area contributed by atoms with E-state index in [1.165, 1.54) is 17.4 Å². The van der Waals surface area contributed by atoms with Gasteiger partial charge in [0.15, 0.2) is 9.84 Å². The summed E-state index contributed by atoms with van der Waals surface area (Å²) in [6, 6.07) is 12.5. The second-order valence-corrected chi connectivity index (χ2v) is 8.33. The molecule has 1 aliphatic rings. The first-order chi connectivity index (χ1) is 11.4. The Kier molecular flexibility index (Phi) is 4.57. The van der Waals surface area contributed by atoms with Gasteiger partial charge < -0.3 is 10.6 Å². The lowest BCUT2D eigenvalue weighted by atomic mass is 10.1. The molecule has 126 valence electrons. The Labute approximate surface area is 142 Å². The number of hydrogen-bond donors (Lipinski definition) is 2. The molecule has 0 saturated heterocycles. The summed E-state index contributed by atoms with van der Waals surface area (Å²) in [6.07, 6.45) is 4.51. The Balaban J connectivity index is 1.65. The molecule has 0 spiro atoms. The maximum atomic E-state index is 12.1. The fraction of sp³-hybridized carbons (Fsp3) is 0.278. The van der Waals surface area contributed by atoms with Gasteiger partial charge in [0, 0.05) is 17.6 Å². The van der Waals surface area contributed by atoms with E-state index in [-0.39, 0.29) is 11.8 Å². The number of rotatable bonds is 4. The van der Waals surface area contributed by atoms with Gasteiger partial charge in [-0.25, -0.2) is 13.2 Å². The van der Waals surface area contributed by atoms with E-state index < -0.39 is 9.84 Å². The van der Waals surface area contributed by atoms with E-state index in [0.29, 0.717) is 11.3 Å². The number of carbonyl (C=O) groups is 1. The lowest BCUT2D eigenvalue weighted by Gasteiger charge is -2.10. The Morgan fingerprint density at radius 1 is 1.00 bits per heavy atom. The lowest BCUT2D eigenvalue weighted by molar-refractivity contribution is 0.262. The fourth-order valence-electron chi connectivity index (χ4n) is 2.98. The lowest BCUT2D eigenvalue weighted by Crippen LogP contribution is -2.19. The molecule has 0 bridgehead atoms. The largest absolute Gasteiger partial charge is 0.323 e. The van der Waals surface area contributed by atoms with Gasteiger partial charge in [0.2, 0.25) is 0 Å². The first-order valence-electron chi connectivity index (χ1n) is 7.85. The quantitative estimate of drug-likeness (QED) is 0.893. The maximum Gasteiger partial charge on any atom is 0.323 e. The number of carbonyl (C=O) groups excluding carboxylic acids is 1. The summed E-state index contributed by atoms with van der Waals surface area (Å²) in [6.45, 7) is 0. The average molecular weight is 344 g/mol.